The molecule has 4 nitrogen and oxygen atoms in total. The highest BCUT2D eigenvalue weighted by molar-refractivity contribution is 5.37. The number of aryl methyl sites for hydroxylation is 1. The fourth-order valence-corrected chi connectivity index (χ4v) is 1.62. The van der Waals surface area contributed by atoms with E-state index in [0.717, 1.165) is 16.9 Å². The third-order valence-electron chi connectivity index (χ3n) is 2.41. The van der Waals surface area contributed by atoms with Crippen LogP contribution in [-0.4, -0.2) is 26.1 Å². The summed E-state index contributed by atoms with van der Waals surface area (Å²) in [5.41, 5.74) is 5.00. The summed E-state index contributed by atoms with van der Waals surface area (Å²) in [7, 11) is 5.63. The second kappa shape index (κ2) is 5.11. The maximum atomic E-state index is 5.50. The van der Waals surface area contributed by atoms with Gasteiger partial charge in [-0.3, -0.25) is 10.7 Å². The van der Waals surface area contributed by atoms with Crippen molar-refractivity contribution in [3.8, 4) is 5.75 Å². The summed E-state index contributed by atoms with van der Waals surface area (Å²) in [6, 6.07) is 6.04. The zero-order valence-electron chi connectivity index (χ0n) is 9.74. The quantitative estimate of drug-likeness (QED) is 0.442. The Balaban J connectivity index is 3.00. The minimum absolute atomic E-state index is 0.0228. The molecule has 0 fully saturated rings. The van der Waals surface area contributed by atoms with Crippen LogP contribution in [0, 0.1) is 6.92 Å². The van der Waals surface area contributed by atoms with Gasteiger partial charge in [0, 0.05) is 0 Å². The molecule has 0 saturated carbocycles. The first-order valence-corrected chi connectivity index (χ1v) is 4.87. The van der Waals surface area contributed by atoms with Crippen LogP contribution in [0.4, 0.5) is 0 Å². The number of hydrogen-bond acceptors (Lipinski definition) is 4. The summed E-state index contributed by atoms with van der Waals surface area (Å²) in [6.45, 7) is 2.02. The zero-order valence-corrected chi connectivity index (χ0v) is 9.74. The molecule has 0 bridgehead atoms. The highest BCUT2D eigenvalue weighted by Crippen LogP contribution is 2.22. The van der Waals surface area contributed by atoms with Crippen molar-refractivity contribution in [2.75, 3.05) is 21.2 Å². The Bertz CT molecular complexity index is 326. The highest BCUT2D eigenvalue weighted by atomic mass is 16.5. The summed E-state index contributed by atoms with van der Waals surface area (Å²) in [5.74, 6) is 6.40. The number of hydrogen-bond donors (Lipinski definition) is 2. The number of nitrogens with one attached hydrogen (secondary N) is 1. The van der Waals surface area contributed by atoms with E-state index in [9.17, 15) is 0 Å². The molecule has 0 aliphatic heterocycles. The lowest BCUT2D eigenvalue weighted by molar-refractivity contribution is 0.252. The van der Waals surface area contributed by atoms with Crippen molar-refractivity contribution in [2.24, 2.45) is 5.84 Å². The second-order valence-corrected chi connectivity index (χ2v) is 3.76. The van der Waals surface area contributed by atoms with Crippen molar-refractivity contribution in [2.45, 2.75) is 13.1 Å². The number of hydrazine groups is 1. The lowest BCUT2D eigenvalue weighted by Crippen LogP contribution is -2.37. The lowest BCUT2D eigenvalue weighted by Gasteiger charge is -2.24. The van der Waals surface area contributed by atoms with Crippen molar-refractivity contribution in [1.29, 1.82) is 0 Å². The Kier molecular flexibility index (Phi) is 4.08. The van der Waals surface area contributed by atoms with Gasteiger partial charge in [0.1, 0.15) is 5.75 Å². The number of nitrogens with two attached hydrogens (primary N) is 1. The van der Waals surface area contributed by atoms with Crippen molar-refractivity contribution < 1.29 is 4.74 Å². The van der Waals surface area contributed by atoms with Gasteiger partial charge in [0.25, 0.3) is 0 Å². The van der Waals surface area contributed by atoms with Crippen LogP contribution in [0.25, 0.3) is 0 Å². The van der Waals surface area contributed by atoms with Gasteiger partial charge in [-0.15, -0.1) is 0 Å². The first-order chi connectivity index (χ1) is 7.10. The Hall–Kier alpha value is -1.10. The molecule has 0 aromatic heterocycles. The molecule has 3 N–H and O–H groups in total. The van der Waals surface area contributed by atoms with Crippen LogP contribution in [0.2, 0.25) is 0 Å². The molecule has 0 heterocycles. The van der Waals surface area contributed by atoms with Gasteiger partial charge in [-0.2, -0.15) is 0 Å². The van der Waals surface area contributed by atoms with E-state index in [1.807, 2.05) is 38.1 Å². The van der Waals surface area contributed by atoms with Crippen LogP contribution in [0.3, 0.4) is 0 Å². The molecule has 4 heteroatoms. The van der Waals surface area contributed by atoms with E-state index < -0.39 is 0 Å². The van der Waals surface area contributed by atoms with Gasteiger partial charge in [0.05, 0.1) is 13.3 Å². The zero-order chi connectivity index (χ0) is 11.4. The normalized spacial score (nSPS) is 12.9. The molecule has 15 heavy (non-hydrogen) atoms. The van der Waals surface area contributed by atoms with Gasteiger partial charge < -0.3 is 4.74 Å². The first kappa shape index (κ1) is 12.0. The molecule has 0 radical (unpaired) electrons. The maximum Gasteiger partial charge on any atom is 0.121 e. The number of methoxy groups -OCH3 is 1. The summed E-state index contributed by atoms with van der Waals surface area (Å²) < 4.78 is 5.21. The third-order valence-corrected chi connectivity index (χ3v) is 2.41. The highest BCUT2D eigenvalue weighted by Gasteiger charge is 2.12. The van der Waals surface area contributed by atoms with Gasteiger partial charge in [0.2, 0.25) is 0 Å². The van der Waals surface area contributed by atoms with Crippen molar-refractivity contribution in [3.05, 3.63) is 29.3 Å². The van der Waals surface area contributed by atoms with Crippen LogP contribution in [-0.2, 0) is 0 Å². The van der Waals surface area contributed by atoms with E-state index in [-0.39, 0.29) is 6.17 Å². The number of benzene rings is 1. The van der Waals surface area contributed by atoms with Crippen LogP contribution >= 0.6 is 0 Å². The molecule has 84 valence electrons. The van der Waals surface area contributed by atoms with Crippen LogP contribution in [0.15, 0.2) is 18.2 Å². The molecule has 1 rings (SSSR count). The van der Waals surface area contributed by atoms with Crippen molar-refractivity contribution >= 4 is 0 Å². The molecule has 0 aliphatic rings. The molecule has 1 aromatic carbocycles. The average molecular weight is 209 g/mol. The molecule has 0 spiro atoms. The van der Waals surface area contributed by atoms with E-state index in [1.165, 1.54) is 0 Å². The average Bonchev–Trinajstić information content (AvgIpc) is 2.18. The predicted molar refractivity (Wildman–Crippen MR) is 61.5 cm³/mol. The minimum Gasteiger partial charge on any atom is -0.496 e. The van der Waals surface area contributed by atoms with Gasteiger partial charge >= 0.3 is 0 Å². The predicted octanol–water partition coefficient (Wildman–Crippen LogP) is 1.03. The number of rotatable bonds is 4. The van der Waals surface area contributed by atoms with Crippen LogP contribution in [0.5, 0.6) is 5.75 Å². The number of nitrogens with zero attached hydrogens (tertiary/aromatic N) is 1. The van der Waals surface area contributed by atoms with Crippen molar-refractivity contribution in [1.82, 2.24) is 10.3 Å². The van der Waals surface area contributed by atoms with E-state index in [0.29, 0.717) is 0 Å². The smallest absolute Gasteiger partial charge is 0.121 e. The fraction of sp³-hybridized carbons (Fsp3) is 0.455. The second-order valence-electron chi connectivity index (χ2n) is 3.76. The molecule has 1 unspecified atom stereocenters. The molecule has 1 aromatic rings. The fourth-order valence-electron chi connectivity index (χ4n) is 1.62. The van der Waals surface area contributed by atoms with E-state index in [1.54, 1.807) is 7.11 Å². The van der Waals surface area contributed by atoms with Crippen LogP contribution in [0.1, 0.15) is 17.3 Å². The Morgan fingerprint density at radius 1 is 1.40 bits per heavy atom. The van der Waals surface area contributed by atoms with Crippen LogP contribution < -0.4 is 16.0 Å². The largest absolute Gasteiger partial charge is 0.496 e. The van der Waals surface area contributed by atoms with Gasteiger partial charge in [0.15, 0.2) is 0 Å². The van der Waals surface area contributed by atoms with Gasteiger partial charge in [-0.1, -0.05) is 6.07 Å². The molecular formula is C11H19N3O. The Morgan fingerprint density at radius 3 is 2.47 bits per heavy atom. The first-order valence-electron chi connectivity index (χ1n) is 4.87. The van der Waals surface area contributed by atoms with Crippen molar-refractivity contribution in [3.63, 3.8) is 0 Å². The monoisotopic (exact) mass is 209 g/mol. The molecular weight excluding hydrogens is 190 g/mol. The molecule has 1 atom stereocenters. The summed E-state index contributed by atoms with van der Waals surface area (Å²) in [6.07, 6.45) is 0.0228. The van der Waals surface area contributed by atoms with E-state index in [2.05, 4.69) is 11.5 Å². The minimum atomic E-state index is 0.0228. The summed E-state index contributed by atoms with van der Waals surface area (Å²) in [4.78, 5) is 2.02. The van der Waals surface area contributed by atoms with Gasteiger partial charge in [-0.25, -0.2) is 5.43 Å². The molecule has 0 amide bonds. The standard InChI is InChI=1S/C11H19N3O/c1-8-7-9(5-6-10(8)15-4)11(13-12)14(2)3/h5-7,11,13H,12H2,1-4H3. The summed E-state index contributed by atoms with van der Waals surface area (Å²) in [5, 5.41) is 0. The number of ether oxygens (including phenoxy) is 1. The molecule has 0 aliphatic carbocycles. The molecule has 0 saturated heterocycles. The van der Waals surface area contributed by atoms with E-state index >= 15 is 0 Å². The maximum absolute atomic E-state index is 5.50. The topological polar surface area (TPSA) is 50.5 Å². The SMILES string of the molecule is COc1ccc(C(NN)N(C)C)cc1C. The lowest BCUT2D eigenvalue weighted by atomic mass is 10.1. The third kappa shape index (κ3) is 2.68. The van der Waals surface area contributed by atoms with E-state index in [4.69, 9.17) is 10.6 Å². The van der Waals surface area contributed by atoms with Gasteiger partial charge in [-0.05, 0) is 44.3 Å². The Labute approximate surface area is 91.0 Å². The summed E-state index contributed by atoms with van der Waals surface area (Å²) >= 11 is 0. The Morgan fingerprint density at radius 2 is 2.07 bits per heavy atom.